The average Bonchev–Trinajstić information content (AvgIpc) is 2.36. The van der Waals surface area contributed by atoms with Crippen LogP contribution in [-0.4, -0.2) is 19.9 Å². The predicted molar refractivity (Wildman–Crippen MR) is 48.4 cm³/mol. The quantitative estimate of drug-likeness (QED) is 0.642. The molecule has 11 heavy (non-hydrogen) atoms. The fourth-order valence-corrected chi connectivity index (χ4v) is 1.86. The van der Waals surface area contributed by atoms with Crippen molar-refractivity contribution >= 4 is 22.6 Å². The Labute approximate surface area is 70.5 Å². The van der Waals surface area contributed by atoms with E-state index < -0.39 is 0 Å². The van der Waals surface area contributed by atoms with Crippen LogP contribution < -0.4 is 4.90 Å². The number of anilines is 1. The highest BCUT2D eigenvalue weighted by molar-refractivity contribution is 7.14. The van der Waals surface area contributed by atoms with Gasteiger partial charge in [0.1, 0.15) is 6.29 Å². The van der Waals surface area contributed by atoms with Gasteiger partial charge in [-0.15, -0.1) is 11.3 Å². The van der Waals surface area contributed by atoms with Gasteiger partial charge in [0.25, 0.3) is 0 Å². The molecule has 0 aliphatic carbocycles. The summed E-state index contributed by atoms with van der Waals surface area (Å²) in [5.74, 6) is 0. The van der Waals surface area contributed by atoms with Crippen LogP contribution in [-0.2, 0) is 4.79 Å². The molecule has 1 heterocycles. The number of hydrogen-bond acceptors (Lipinski definition) is 3. The maximum absolute atomic E-state index is 10.2. The van der Waals surface area contributed by atoms with Crippen LogP contribution in [0.4, 0.5) is 5.00 Å². The molecule has 1 aromatic heterocycles. The van der Waals surface area contributed by atoms with Gasteiger partial charge in [-0.05, 0) is 23.9 Å². The van der Waals surface area contributed by atoms with Gasteiger partial charge >= 0.3 is 0 Å². The van der Waals surface area contributed by atoms with E-state index in [1.54, 1.807) is 11.3 Å². The number of aryl methyl sites for hydroxylation is 1. The Morgan fingerprint density at radius 1 is 1.73 bits per heavy atom. The van der Waals surface area contributed by atoms with Gasteiger partial charge in [-0.1, -0.05) is 0 Å². The molecule has 0 amide bonds. The van der Waals surface area contributed by atoms with Crippen LogP contribution in [0.3, 0.4) is 0 Å². The Morgan fingerprint density at radius 2 is 2.45 bits per heavy atom. The van der Waals surface area contributed by atoms with E-state index in [1.807, 2.05) is 24.3 Å². The van der Waals surface area contributed by atoms with E-state index in [2.05, 4.69) is 6.07 Å². The van der Waals surface area contributed by atoms with Gasteiger partial charge in [-0.2, -0.15) is 0 Å². The van der Waals surface area contributed by atoms with Crippen LogP contribution in [0.2, 0.25) is 0 Å². The summed E-state index contributed by atoms with van der Waals surface area (Å²) in [5, 5.41) is 3.21. The molecule has 0 aromatic carbocycles. The molecule has 0 saturated heterocycles. The van der Waals surface area contributed by atoms with Crippen LogP contribution in [0.25, 0.3) is 0 Å². The first-order chi connectivity index (χ1) is 5.25. The predicted octanol–water partition coefficient (Wildman–Crippen LogP) is 1.69. The smallest absolute Gasteiger partial charge is 0.139 e. The maximum atomic E-state index is 10.2. The number of nitrogens with zero attached hydrogens (tertiary/aromatic N) is 1. The summed E-state index contributed by atoms with van der Waals surface area (Å²) in [5.41, 5.74) is 1.24. The van der Waals surface area contributed by atoms with Crippen LogP contribution in [0, 0.1) is 6.92 Å². The zero-order chi connectivity index (χ0) is 8.27. The molecule has 0 aliphatic rings. The van der Waals surface area contributed by atoms with Crippen molar-refractivity contribution in [3.63, 3.8) is 0 Å². The van der Waals surface area contributed by atoms with Gasteiger partial charge < -0.3 is 9.69 Å². The average molecular weight is 169 g/mol. The minimum atomic E-state index is 0.474. The highest BCUT2D eigenvalue weighted by Crippen LogP contribution is 2.24. The number of thiophene rings is 1. The van der Waals surface area contributed by atoms with Crippen LogP contribution in [0.5, 0.6) is 0 Å². The van der Waals surface area contributed by atoms with Crippen LogP contribution in [0.1, 0.15) is 5.56 Å². The molecule has 0 aliphatic heterocycles. The zero-order valence-corrected chi connectivity index (χ0v) is 7.52. The van der Waals surface area contributed by atoms with E-state index in [9.17, 15) is 4.79 Å². The van der Waals surface area contributed by atoms with Crippen molar-refractivity contribution in [3.05, 3.63) is 17.0 Å². The van der Waals surface area contributed by atoms with E-state index in [4.69, 9.17) is 0 Å². The van der Waals surface area contributed by atoms with Crippen molar-refractivity contribution in [3.8, 4) is 0 Å². The van der Waals surface area contributed by atoms with Crippen molar-refractivity contribution in [2.75, 3.05) is 18.5 Å². The standard InChI is InChI=1S/C8H11NOS/c1-7-3-6-11-8(7)9(2)4-5-10/h3,5-6H,4H2,1-2H3. The Morgan fingerprint density at radius 3 is 2.91 bits per heavy atom. The monoisotopic (exact) mass is 169 g/mol. The second-order valence-corrected chi connectivity index (χ2v) is 3.35. The summed E-state index contributed by atoms with van der Waals surface area (Å²) in [6, 6.07) is 2.06. The molecule has 2 nitrogen and oxygen atoms in total. The zero-order valence-electron chi connectivity index (χ0n) is 6.70. The van der Waals surface area contributed by atoms with Gasteiger partial charge in [-0.25, -0.2) is 0 Å². The third kappa shape index (κ3) is 1.80. The second kappa shape index (κ2) is 3.53. The summed E-state index contributed by atoms with van der Waals surface area (Å²) in [4.78, 5) is 12.1. The molecule has 0 N–H and O–H groups in total. The lowest BCUT2D eigenvalue weighted by atomic mass is 10.3. The highest BCUT2D eigenvalue weighted by Gasteiger charge is 2.03. The number of aldehydes is 1. The molecular formula is C8H11NOS. The molecule has 0 spiro atoms. The normalized spacial score (nSPS) is 9.64. The van der Waals surface area contributed by atoms with Gasteiger partial charge in [0.05, 0.1) is 11.5 Å². The number of likely N-dealkylation sites (N-methyl/N-ethyl adjacent to an activating group) is 1. The molecule has 1 aromatic rings. The number of hydrogen-bond donors (Lipinski definition) is 0. The Balaban J connectivity index is 2.74. The third-order valence-electron chi connectivity index (χ3n) is 1.53. The molecule has 0 radical (unpaired) electrons. The molecule has 0 unspecified atom stereocenters. The lowest BCUT2D eigenvalue weighted by molar-refractivity contribution is -0.106. The molecule has 0 fully saturated rings. The number of carbonyl (C=O) groups is 1. The van der Waals surface area contributed by atoms with Crippen molar-refractivity contribution in [2.24, 2.45) is 0 Å². The van der Waals surface area contributed by atoms with E-state index >= 15 is 0 Å². The highest BCUT2D eigenvalue weighted by atomic mass is 32.1. The van der Waals surface area contributed by atoms with E-state index in [1.165, 1.54) is 10.6 Å². The summed E-state index contributed by atoms with van der Waals surface area (Å²) in [6.07, 6.45) is 0.916. The van der Waals surface area contributed by atoms with Crippen molar-refractivity contribution in [1.29, 1.82) is 0 Å². The van der Waals surface area contributed by atoms with Crippen LogP contribution in [0.15, 0.2) is 11.4 Å². The first kappa shape index (κ1) is 8.27. The largest absolute Gasteiger partial charge is 0.359 e. The topological polar surface area (TPSA) is 20.3 Å². The molecular weight excluding hydrogens is 158 g/mol. The minimum Gasteiger partial charge on any atom is -0.359 e. The lowest BCUT2D eigenvalue weighted by Crippen LogP contribution is -2.18. The Bertz CT molecular complexity index is 244. The maximum Gasteiger partial charge on any atom is 0.139 e. The molecule has 1 rings (SSSR count). The molecule has 60 valence electrons. The second-order valence-electron chi connectivity index (χ2n) is 2.46. The van der Waals surface area contributed by atoms with Gasteiger partial charge in [0, 0.05) is 7.05 Å². The summed E-state index contributed by atoms with van der Waals surface area (Å²) in [6.45, 7) is 2.52. The van der Waals surface area contributed by atoms with Crippen molar-refractivity contribution in [2.45, 2.75) is 6.92 Å². The number of carbonyl (C=O) groups excluding carboxylic acids is 1. The molecule has 0 saturated carbocycles. The van der Waals surface area contributed by atoms with Crippen molar-refractivity contribution < 1.29 is 4.79 Å². The summed E-state index contributed by atoms with van der Waals surface area (Å²) >= 11 is 1.66. The third-order valence-corrected chi connectivity index (χ3v) is 2.66. The number of rotatable bonds is 3. The Kier molecular flexibility index (Phi) is 2.65. The molecule has 3 heteroatoms. The summed E-state index contributed by atoms with van der Waals surface area (Å²) < 4.78 is 0. The SMILES string of the molecule is Cc1ccsc1N(C)CC=O. The van der Waals surface area contributed by atoms with E-state index in [0.717, 1.165) is 6.29 Å². The van der Waals surface area contributed by atoms with E-state index in [0.29, 0.717) is 6.54 Å². The van der Waals surface area contributed by atoms with Crippen molar-refractivity contribution in [1.82, 2.24) is 0 Å². The fraction of sp³-hybridized carbons (Fsp3) is 0.375. The first-order valence-electron chi connectivity index (χ1n) is 3.44. The Hall–Kier alpha value is -0.830. The van der Waals surface area contributed by atoms with Gasteiger partial charge in [-0.3, -0.25) is 0 Å². The lowest BCUT2D eigenvalue weighted by Gasteiger charge is -2.13. The fourth-order valence-electron chi connectivity index (χ4n) is 0.951. The molecule has 0 atom stereocenters. The van der Waals surface area contributed by atoms with Gasteiger partial charge in [0.15, 0.2) is 0 Å². The van der Waals surface area contributed by atoms with Gasteiger partial charge in [0.2, 0.25) is 0 Å². The van der Waals surface area contributed by atoms with E-state index in [-0.39, 0.29) is 0 Å². The first-order valence-corrected chi connectivity index (χ1v) is 4.32. The molecule has 0 bridgehead atoms. The minimum absolute atomic E-state index is 0.474. The summed E-state index contributed by atoms with van der Waals surface area (Å²) in [7, 11) is 1.92. The van der Waals surface area contributed by atoms with Crippen LogP contribution >= 0.6 is 11.3 Å².